The van der Waals surface area contributed by atoms with Gasteiger partial charge in [0.2, 0.25) is 0 Å². The third-order valence-corrected chi connectivity index (χ3v) is 6.32. The van der Waals surface area contributed by atoms with Crippen LogP contribution in [0.5, 0.6) is 11.5 Å². The lowest BCUT2D eigenvalue weighted by Gasteiger charge is -2.47. The number of carbonyl (C=O) groups excluding carboxylic acids is 1. The molecule has 0 aromatic heterocycles. The van der Waals surface area contributed by atoms with E-state index >= 15 is 0 Å². The van der Waals surface area contributed by atoms with Gasteiger partial charge >= 0.3 is 0 Å². The number of allylic oxidation sites excluding steroid dienone is 2. The van der Waals surface area contributed by atoms with Crippen LogP contribution in [0, 0.1) is 5.92 Å². The molecule has 0 fully saturated rings. The van der Waals surface area contributed by atoms with Crippen molar-refractivity contribution >= 4 is 5.91 Å². The Bertz CT molecular complexity index is 783. The Kier molecular flexibility index (Phi) is 6.04. The normalized spacial score (nSPS) is 22.4. The van der Waals surface area contributed by atoms with Gasteiger partial charge in [-0.05, 0) is 58.1 Å². The molecule has 2 atom stereocenters. The number of benzene rings is 1. The van der Waals surface area contributed by atoms with Crippen molar-refractivity contribution in [1.29, 1.82) is 0 Å². The maximum atomic E-state index is 12.7. The van der Waals surface area contributed by atoms with Crippen LogP contribution < -0.4 is 20.7 Å². The van der Waals surface area contributed by atoms with E-state index in [-0.39, 0.29) is 17.4 Å². The number of hydrogen-bond acceptors (Lipinski definition) is 4. The SMILES string of the molecule is CCCCCc1cc2c(c(OC)c1C(=O)NN)C1C=C(C)CCC1C(C)(C)O2. The highest BCUT2D eigenvalue weighted by molar-refractivity contribution is 5.99. The number of ether oxygens (including phenoxy) is 2. The number of rotatable bonds is 6. The minimum Gasteiger partial charge on any atom is -0.495 e. The fourth-order valence-corrected chi connectivity index (χ4v) is 4.89. The van der Waals surface area contributed by atoms with Crippen molar-refractivity contribution in [3.8, 4) is 11.5 Å². The van der Waals surface area contributed by atoms with Gasteiger partial charge in [-0.3, -0.25) is 10.2 Å². The number of nitrogens with two attached hydrogens (primary N) is 1. The molecule has 1 aliphatic carbocycles. The molecule has 0 bridgehead atoms. The van der Waals surface area contributed by atoms with Gasteiger partial charge < -0.3 is 9.47 Å². The number of nitrogens with one attached hydrogen (secondary N) is 1. The maximum Gasteiger partial charge on any atom is 0.269 e. The summed E-state index contributed by atoms with van der Waals surface area (Å²) in [6.07, 6.45) is 8.53. The van der Waals surface area contributed by atoms with Crippen LogP contribution in [0.15, 0.2) is 17.7 Å². The Balaban J connectivity index is 2.21. The number of hydrazine groups is 1. The summed E-state index contributed by atoms with van der Waals surface area (Å²) in [5, 5.41) is 0. The van der Waals surface area contributed by atoms with Crippen molar-refractivity contribution in [1.82, 2.24) is 5.43 Å². The van der Waals surface area contributed by atoms with Gasteiger partial charge in [0.05, 0.1) is 12.7 Å². The summed E-state index contributed by atoms with van der Waals surface area (Å²) >= 11 is 0. The van der Waals surface area contributed by atoms with Gasteiger partial charge in [0.25, 0.3) is 5.91 Å². The Morgan fingerprint density at radius 3 is 2.79 bits per heavy atom. The molecular weight excluding hydrogens is 352 g/mol. The molecule has 0 saturated carbocycles. The van der Waals surface area contributed by atoms with Gasteiger partial charge in [-0.15, -0.1) is 0 Å². The molecular formula is C23H34N2O3. The lowest BCUT2D eigenvalue weighted by Crippen LogP contribution is -2.45. The summed E-state index contributed by atoms with van der Waals surface area (Å²) in [6, 6.07) is 2.05. The summed E-state index contributed by atoms with van der Waals surface area (Å²) in [5.74, 6) is 7.20. The molecule has 2 unspecified atom stereocenters. The average molecular weight is 387 g/mol. The smallest absolute Gasteiger partial charge is 0.269 e. The van der Waals surface area contributed by atoms with Gasteiger partial charge in [-0.1, -0.05) is 31.4 Å². The topological polar surface area (TPSA) is 73.6 Å². The van der Waals surface area contributed by atoms with Crippen molar-refractivity contribution in [2.45, 2.75) is 77.7 Å². The molecule has 28 heavy (non-hydrogen) atoms. The first-order valence-electron chi connectivity index (χ1n) is 10.4. The number of carbonyl (C=O) groups is 1. The van der Waals surface area contributed by atoms with Crippen LogP contribution in [0.25, 0.3) is 0 Å². The first-order valence-corrected chi connectivity index (χ1v) is 10.4. The molecule has 3 N–H and O–H groups in total. The van der Waals surface area contributed by atoms with Crippen LogP contribution in [-0.2, 0) is 6.42 Å². The van der Waals surface area contributed by atoms with E-state index in [0.29, 0.717) is 17.2 Å². The Hall–Kier alpha value is -2.01. The van der Waals surface area contributed by atoms with Crippen molar-refractivity contribution in [3.63, 3.8) is 0 Å². The minimum atomic E-state index is -0.302. The van der Waals surface area contributed by atoms with E-state index in [1.54, 1.807) is 7.11 Å². The van der Waals surface area contributed by atoms with Crippen molar-refractivity contribution in [3.05, 3.63) is 34.4 Å². The Morgan fingerprint density at radius 2 is 2.14 bits per heavy atom. The van der Waals surface area contributed by atoms with Crippen molar-refractivity contribution in [2.24, 2.45) is 11.8 Å². The molecule has 154 valence electrons. The largest absolute Gasteiger partial charge is 0.495 e. The van der Waals surface area contributed by atoms with E-state index in [4.69, 9.17) is 15.3 Å². The monoisotopic (exact) mass is 386 g/mol. The lowest BCUT2D eigenvalue weighted by molar-refractivity contribution is 0.0106. The van der Waals surface area contributed by atoms with Gasteiger partial charge in [0.1, 0.15) is 17.1 Å². The number of unbranched alkanes of at least 4 members (excludes halogenated alkanes) is 2. The van der Waals surface area contributed by atoms with Crippen molar-refractivity contribution < 1.29 is 14.3 Å². The van der Waals surface area contributed by atoms with Crippen molar-refractivity contribution in [2.75, 3.05) is 7.11 Å². The van der Waals surface area contributed by atoms with Crippen LogP contribution in [0.4, 0.5) is 0 Å². The molecule has 1 aromatic carbocycles. The number of methoxy groups -OCH3 is 1. The second kappa shape index (κ2) is 8.16. The highest BCUT2D eigenvalue weighted by atomic mass is 16.5. The minimum absolute atomic E-state index is 0.177. The fraction of sp³-hybridized carbons (Fsp3) is 0.609. The summed E-state index contributed by atoms with van der Waals surface area (Å²) in [4.78, 5) is 12.7. The molecule has 1 amide bonds. The third-order valence-electron chi connectivity index (χ3n) is 6.32. The van der Waals surface area contributed by atoms with Crippen LogP contribution in [0.3, 0.4) is 0 Å². The Morgan fingerprint density at radius 1 is 1.39 bits per heavy atom. The summed E-state index contributed by atoms with van der Waals surface area (Å²) < 4.78 is 12.4. The standard InChI is InChI=1S/C23H34N2O3/c1-6-7-8-9-15-13-18-20(21(27-5)19(15)22(26)25-24)16-12-14(2)10-11-17(16)23(3,4)28-18/h12-13,16-17H,6-11,24H2,1-5H3,(H,25,26). The molecule has 1 heterocycles. The number of aryl methyl sites for hydroxylation is 1. The van der Waals surface area contributed by atoms with Gasteiger partial charge in [-0.2, -0.15) is 0 Å². The maximum absolute atomic E-state index is 12.7. The van der Waals surface area contributed by atoms with E-state index < -0.39 is 0 Å². The van der Waals surface area contributed by atoms with Gasteiger partial charge in [-0.25, -0.2) is 5.84 Å². The molecule has 5 nitrogen and oxygen atoms in total. The summed E-state index contributed by atoms with van der Waals surface area (Å²) in [6.45, 7) is 8.69. The second-order valence-electron chi connectivity index (χ2n) is 8.68. The van der Waals surface area contributed by atoms with Crippen LogP contribution in [0.1, 0.15) is 87.2 Å². The second-order valence-corrected chi connectivity index (χ2v) is 8.68. The van der Waals surface area contributed by atoms with Crippen LogP contribution >= 0.6 is 0 Å². The highest BCUT2D eigenvalue weighted by Gasteiger charge is 2.46. The van der Waals surface area contributed by atoms with Gasteiger partial charge in [0, 0.05) is 17.4 Å². The lowest BCUT2D eigenvalue weighted by atomic mass is 9.67. The summed E-state index contributed by atoms with van der Waals surface area (Å²) in [7, 11) is 1.63. The molecule has 0 saturated heterocycles. The number of nitrogen functional groups attached to an aromatic ring is 1. The number of amides is 1. The fourth-order valence-electron chi connectivity index (χ4n) is 4.89. The molecule has 2 aliphatic rings. The first-order chi connectivity index (χ1) is 13.3. The highest BCUT2D eigenvalue weighted by Crippen LogP contribution is 2.54. The first kappa shape index (κ1) is 20.7. The zero-order chi connectivity index (χ0) is 20.5. The summed E-state index contributed by atoms with van der Waals surface area (Å²) in [5.41, 5.74) is 5.91. The van der Waals surface area contributed by atoms with Crippen LogP contribution in [0.2, 0.25) is 0 Å². The molecule has 1 aliphatic heterocycles. The molecule has 3 rings (SSSR count). The molecule has 5 heteroatoms. The third kappa shape index (κ3) is 3.64. The average Bonchev–Trinajstić information content (AvgIpc) is 2.65. The Labute approximate surface area is 168 Å². The predicted octanol–water partition coefficient (Wildman–Crippen LogP) is 4.64. The number of fused-ring (bicyclic) bond motifs is 3. The van der Waals surface area contributed by atoms with E-state index in [2.05, 4.69) is 39.2 Å². The quantitative estimate of drug-likeness (QED) is 0.245. The molecule has 0 radical (unpaired) electrons. The van der Waals surface area contributed by atoms with Crippen LogP contribution in [-0.4, -0.2) is 18.6 Å². The van der Waals surface area contributed by atoms with E-state index in [9.17, 15) is 4.79 Å². The zero-order valence-corrected chi connectivity index (χ0v) is 17.9. The molecule has 1 aromatic rings. The van der Waals surface area contributed by atoms with E-state index in [1.165, 1.54) is 5.57 Å². The molecule has 0 spiro atoms. The predicted molar refractivity (Wildman–Crippen MR) is 112 cm³/mol. The number of hydrogen-bond donors (Lipinski definition) is 2. The van der Waals surface area contributed by atoms with E-state index in [0.717, 1.165) is 55.4 Å². The van der Waals surface area contributed by atoms with E-state index in [1.807, 2.05) is 6.07 Å². The zero-order valence-electron chi connectivity index (χ0n) is 17.9. The van der Waals surface area contributed by atoms with Gasteiger partial charge in [0.15, 0.2) is 0 Å².